The van der Waals surface area contributed by atoms with Gasteiger partial charge in [0.15, 0.2) is 0 Å². The summed E-state index contributed by atoms with van der Waals surface area (Å²) in [5.74, 6) is -0.311. The Bertz CT molecular complexity index is 549. The zero-order chi connectivity index (χ0) is 13.0. The standard InChI is InChI=1S/C14H13NO3/c15-12-3-1-2-4-13(12)18-9-10-5-7-11(8-6-10)14(16)17/h1-8H,9,15H2,(H,16,17). The van der Waals surface area contributed by atoms with Gasteiger partial charge < -0.3 is 15.6 Å². The van der Waals surface area contributed by atoms with E-state index in [9.17, 15) is 4.79 Å². The fraction of sp³-hybridized carbons (Fsp3) is 0.0714. The minimum Gasteiger partial charge on any atom is -0.487 e. The van der Waals surface area contributed by atoms with Crippen LogP contribution in [-0.2, 0) is 6.61 Å². The molecule has 0 radical (unpaired) electrons. The molecule has 2 rings (SSSR count). The van der Waals surface area contributed by atoms with E-state index in [1.165, 1.54) is 0 Å². The van der Waals surface area contributed by atoms with Crippen LogP contribution in [0.1, 0.15) is 15.9 Å². The highest BCUT2D eigenvalue weighted by Crippen LogP contribution is 2.21. The van der Waals surface area contributed by atoms with Crippen LogP contribution in [0.2, 0.25) is 0 Å². The van der Waals surface area contributed by atoms with Crippen LogP contribution in [0.5, 0.6) is 5.75 Å². The molecule has 0 spiro atoms. The molecule has 0 amide bonds. The summed E-state index contributed by atoms with van der Waals surface area (Å²) in [6.07, 6.45) is 0. The lowest BCUT2D eigenvalue weighted by Gasteiger charge is -2.08. The third-order valence-corrected chi connectivity index (χ3v) is 2.51. The van der Waals surface area contributed by atoms with E-state index in [4.69, 9.17) is 15.6 Å². The van der Waals surface area contributed by atoms with Crippen LogP contribution in [0.4, 0.5) is 5.69 Å². The number of anilines is 1. The van der Waals surface area contributed by atoms with Gasteiger partial charge in [-0.1, -0.05) is 24.3 Å². The maximum absolute atomic E-state index is 10.7. The fourth-order valence-corrected chi connectivity index (χ4v) is 1.52. The van der Waals surface area contributed by atoms with Crippen LogP contribution in [0, 0.1) is 0 Å². The fourth-order valence-electron chi connectivity index (χ4n) is 1.52. The largest absolute Gasteiger partial charge is 0.487 e. The maximum Gasteiger partial charge on any atom is 0.335 e. The average molecular weight is 243 g/mol. The molecule has 0 heterocycles. The smallest absolute Gasteiger partial charge is 0.335 e. The summed E-state index contributed by atoms with van der Waals surface area (Å²) in [6, 6.07) is 13.8. The van der Waals surface area contributed by atoms with E-state index in [1.54, 1.807) is 36.4 Å². The van der Waals surface area contributed by atoms with Crippen molar-refractivity contribution in [2.45, 2.75) is 6.61 Å². The van der Waals surface area contributed by atoms with Gasteiger partial charge in [-0.2, -0.15) is 0 Å². The van der Waals surface area contributed by atoms with E-state index < -0.39 is 5.97 Å². The first-order chi connectivity index (χ1) is 8.66. The number of hydrogen-bond donors (Lipinski definition) is 2. The highest BCUT2D eigenvalue weighted by atomic mass is 16.5. The van der Waals surface area contributed by atoms with E-state index in [0.717, 1.165) is 5.56 Å². The van der Waals surface area contributed by atoms with Gasteiger partial charge in [0, 0.05) is 0 Å². The predicted molar refractivity (Wildman–Crippen MR) is 68.6 cm³/mol. The lowest BCUT2D eigenvalue weighted by Crippen LogP contribution is -2.00. The summed E-state index contributed by atoms with van der Waals surface area (Å²) in [5, 5.41) is 8.77. The highest BCUT2D eigenvalue weighted by molar-refractivity contribution is 5.87. The van der Waals surface area contributed by atoms with Crippen molar-refractivity contribution in [1.82, 2.24) is 0 Å². The molecule has 0 aliphatic heterocycles. The van der Waals surface area contributed by atoms with Crippen LogP contribution in [0.25, 0.3) is 0 Å². The van der Waals surface area contributed by atoms with Crippen molar-refractivity contribution in [1.29, 1.82) is 0 Å². The van der Waals surface area contributed by atoms with Crippen molar-refractivity contribution >= 4 is 11.7 Å². The molecule has 0 unspecified atom stereocenters. The van der Waals surface area contributed by atoms with Crippen LogP contribution >= 0.6 is 0 Å². The minimum atomic E-state index is -0.935. The zero-order valence-electron chi connectivity index (χ0n) is 9.67. The van der Waals surface area contributed by atoms with E-state index >= 15 is 0 Å². The third-order valence-electron chi connectivity index (χ3n) is 2.51. The van der Waals surface area contributed by atoms with Gasteiger partial charge in [0.05, 0.1) is 11.3 Å². The summed E-state index contributed by atoms with van der Waals surface area (Å²) < 4.78 is 5.55. The number of carbonyl (C=O) groups is 1. The van der Waals surface area contributed by atoms with E-state index in [0.29, 0.717) is 18.0 Å². The lowest BCUT2D eigenvalue weighted by atomic mass is 10.1. The van der Waals surface area contributed by atoms with Crippen LogP contribution in [-0.4, -0.2) is 11.1 Å². The molecule has 18 heavy (non-hydrogen) atoms. The summed E-state index contributed by atoms with van der Waals surface area (Å²) in [6.45, 7) is 0.355. The summed E-state index contributed by atoms with van der Waals surface area (Å²) in [4.78, 5) is 10.7. The normalized spacial score (nSPS) is 10.0. The van der Waals surface area contributed by atoms with E-state index in [2.05, 4.69) is 0 Å². The van der Waals surface area contributed by atoms with Crippen molar-refractivity contribution in [3.8, 4) is 5.75 Å². The van der Waals surface area contributed by atoms with Crippen LogP contribution in [0.3, 0.4) is 0 Å². The molecule has 0 saturated carbocycles. The first kappa shape index (κ1) is 12.0. The van der Waals surface area contributed by atoms with Gasteiger partial charge in [-0.25, -0.2) is 4.79 Å². The molecule has 4 nitrogen and oxygen atoms in total. The Balaban J connectivity index is 2.02. The number of nitrogen functional groups attached to an aromatic ring is 1. The quantitative estimate of drug-likeness (QED) is 0.809. The Morgan fingerprint density at radius 3 is 2.39 bits per heavy atom. The molecular weight excluding hydrogens is 230 g/mol. The number of benzene rings is 2. The number of aromatic carboxylic acids is 1. The molecule has 0 fully saturated rings. The van der Waals surface area contributed by atoms with Crippen molar-refractivity contribution in [3.63, 3.8) is 0 Å². The molecule has 0 aromatic heterocycles. The van der Waals surface area contributed by atoms with Gasteiger partial charge in [-0.05, 0) is 29.8 Å². The predicted octanol–water partition coefficient (Wildman–Crippen LogP) is 2.55. The molecule has 4 heteroatoms. The Hall–Kier alpha value is -2.49. The maximum atomic E-state index is 10.7. The summed E-state index contributed by atoms with van der Waals surface area (Å²) in [5.41, 5.74) is 7.48. The second kappa shape index (κ2) is 5.23. The van der Waals surface area contributed by atoms with E-state index in [1.807, 2.05) is 12.1 Å². The first-order valence-electron chi connectivity index (χ1n) is 5.46. The number of carboxylic acid groups (broad SMARTS) is 1. The Kier molecular flexibility index (Phi) is 3.48. The number of hydrogen-bond acceptors (Lipinski definition) is 3. The minimum absolute atomic E-state index is 0.262. The number of carboxylic acids is 1. The van der Waals surface area contributed by atoms with Crippen molar-refractivity contribution in [3.05, 3.63) is 59.7 Å². The van der Waals surface area contributed by atoms with Crippen molar-refractivity contribution < 1.29 is 14.6 Å². The Morgan fingerprint density at radius 1 is 1.11 bits per heavy atom. The molecule has 0 aliphatic carbocycles. The van der Waals surface area contributed by atoms with Gasteiger partial charge in [0.25, 0.3) is 0 Å². The van der Waals surface area contributed by atoms with Crippen LogP contribution < -0.4 is 10.5 Å². The zero-order valence-corrected chi connectivity index (χ0v) is 9.67. The van der Waals surface area contributed by atoms with Crippen LogP contribution in [0.15, 0.2) is 48.5 Å². The molecular formula is C14H13NO3. The molecule has 2 aromatic rings. The van der Waals surface area contributed by atoms with Gasteiger partial charge in [0.2, 0.25) is 0 Å². The Labute approximate surface area is 105 Å². The van der Waals surface area contributed by atoms with Crippen molar-refractivity contribution in [2.24, 2.45) is 0 Å². The van der Waals surface area contributed by atoms with Gasteiger partial charge >= 0.3 is 5.97 Å². The van der Waals surface area contributed by atoms with E-state index in [-0.39, 0.29) is 5.56 Å². The van der Waals surface area contributed by atoms with Crippen molar-refractivity contribution in [2.75, 3.05) is 5.73 Å². The number of para-hydroxylation sites is 2. The molecule has 92 valence electrons. The van der Waals surface area contributed by atoms with Gasteiger partial charge in [-0.3, -0.25) is 0 Å². The molecule has 3 N–H and O–H groups in total. The van der Waals surface area contributed by atoms with Gasteiger partial charge in [-0.15, -0.1) is 0 Å². The molecule has 0 saturated heterocycles. The van der Waals surface area contributed by atoms with Gasteiger partial charge in [0.1, 0.15) is 12.4 Å². The third kappa shape index (κ3) is 2.79. The molecule has 0 bridgehead atoms. The average Bonchev–Trinajstić information content (AvgIpc) is 2.38. The second-order valence-electron chi connectivity index (χ2n) is 3.83. The lowest BCUT2D eigenvalue weighted by molar-refractivity contribution is 0.0697. The monoisotopic (exact) mass is 243 g/mol. The Morgan fingerprint density at radius 2 is 1.78 bits per heavy atom. The SMILES string of the molecule is Nc1ccccc1OCc1ccc(C(=O)O)cc1. The molecule has 0 atom stereocenters. The highest BCUT2D eigenvalue weighted by Gasteiger charge is 2.03. The first-order valence-corrected chi connectivity index (χ1v) is 5.46. The topological polar surface area (TPSA) is 72.5 Å². The number of rotatable bonds is 4. The number of ether oxygens (including phenoxy) is 1. The second-order valence-corrected chi connectivity index (χ2v) is 3.83. The molecule has 0 aliphatic rings. The number of nitrogens with two attached hydrogens (primary N) is 1. The molecule has 2 aromatic carbocycles. The summed E-state index contributed by atoms with van der Waals surface area (Å²) >= 11 is 0. The summed E-state index contributed by atoms with van der Waals surface area (Å²) in [7, 11) is 0.